The van der Waals surface area contributed by atoms with Crippen molar-refractivity contribution in [3.63, 3.8) is 0 Å². The summed E-state index contributed by atoms with van der Waals surface area (Å²) in [6.07, 6.45) is 0. The maximum atomic E-state index is 12.3. The van der Waals surface area contributed by atoms with Gasteiger partial charge in [-0.2, -0.15) is 0 Å². The number of carbonyl (C=O) groups excluding carboxylic acids is 1. The summed E-state index contributed by atoms with van der Waals surface area (Å²) in [5.74, 6) is 0.186. The van der Waals surface area contributed by atoms with Crippen LogP contribution in [0.3, 0.4) is 0 Å². The summed E-state index contributed by atoms with van der Waals surface area (Å²) in [5, 5.41) is 14.3. The molecule has 1 N–H and O–H groups in total. The van der Waals surface area contributed by atoms with Crippen LogP contribution in [0.2, 0.25) is 10.0 Å². The molecule has 0 atom stereocenters. The van der Waals surface area contributed by atoms with Gasteiger partial charge in [0, 0.05) is 11.1 Å². The normalized spacial score (nSPS) is 10.4. The summed E-state index contributed by atoms with van der Waals surface area (Å²) >= 11 is 11.8. The average molecular weight is 407 g/mol. The number of nitrogens with zero attached hydrogens (tertiary/aromatic N) is 1. The van der Waals surface area contributed by atoms with Crippen molar-refractivity contribution < 1.29 is 18.9 Å². The first kappa shape index (κ1) is 18.8. The van der Waals surface area contributed by atoms with Crippen molar-refractivity contribution in [1.29, 1.82) is 0 Å². The Morgan fingerprint density at radius 1 is 1.15 bits per heavy atom. The fourth-order valence-electron chi connectivity index (χ4n) is 2.24. The monoisotopic (exact) mass is 406 g/mol. The molecule has 27 heavy (non-hydrogen) atoms. The number of amides is 1. The molecule has 0 aliphatic carbocycles. The minimum absolute atomic E-state index is 0.00560. The number of anilines is 1. The number of hydrogen-bond acceptors (Lipinski definition) is 5. The highest BCUT2D eigenvalue weighted by atomic mass is 35.5. The standard InChI is InChI=1S/C18H12Cl2N2O5/c19-11-5-7-16(13(20)9-11)26-10-12-6-8-17(27-12)18(23)21-14-3-1-2-4-15(14)22(24)25/h1-9H,10H2,(H,21,23). The van der Waals surface area contributed by atoms with E-state index in [0.29, 0.717) is 21.6 Å². The summed E-state index contributed by atoms with van der Waals surface area (Å²) < 4.78 is 11.0. The van der Waals surface area contributed by atoms with E-state index in [1.165, 1.54) is 24.3 Å². The second-order valence-electron chi connectivity index (χ2n) is 5.36. The molecule has 0 fully saturated rings. The topological polar surface area (TPSA) is 94.6 Å². The van der Waals surface area contributed by atoms with E-state index in [4.69, 9.17) is 32.4 Å². The zero-order valence-corrected chi connectivity index (χ0v) is 15.2. The van der Waals surface area contributed by atoms with Crippen LogP contribution in [0, 0.1) is 10.1 Å². The summed E-state index contributed by atoms with van der Waals surface area (Å²) in [5.41, 5.74) is -0.131. The van der Waals surface area contributed by atoms with E-state index < -0.39 is 10.8 Å². The Hall–Kier alpha value is -3.03. The first-order valence-corrected chi connectivity index (χ1v) is 8.41. The van der Waals surface area contributed by atoms with E-state index in [1.807, 2.05) is 0 Å². The molecule has 0 aliphatic rings. The highest BCUT2D eigenvalue weighted by Gasteiger charge is 2.18. The number of ether oxygens (including phenoxy) is 1. The molecule has 138 valence electrons. The minimum Gasteiger partial charge on any atom is -0.484 e. The third-order valence-electron chi connectivity index (χ3n) is 3.50. The van der Waals surface area contributed by atoms with Gasteiger partial charge in [0.05, 0.1) is 9.95 Å². The van der Waals surface area contributed by atoms with Gasteiger partial charge in [-0.25, -0.2) is 0 Å². The van der Waals surface area contributed by atoms with Crippen molar-refractivity contribution >= 4 is 40.5 Å². The van der Waals surface area contributed by atoms with Crippen molar-refractivity contribution in [2.45, 2.75) is 6.61 Å². The Kier molecular flexibility index (Phi) is 5.63. The third-order valence-corrected chi connectivity index (χ3v) is 4.03. The van der Waals surface area contributed by atoms with E-state index in [2.05, 4.69) is 5.32 Å². The Labute approximate surface area is 163 Å². The van der Waals surface area contributed by atoms with Crippen molar-refractivity contribution in [2.24, 2.45) is 0 Å². The van der Waals surface area contributed by atoms with Crippen LogP contribution in [-0.4, -0.2) is 10.8 Å². The molecular weight excluding hydrogens is 395 g/mol. The maximum Gasteiger partial charge on any atom is 0.292 e. The van der Waals surface area contributed by atoms with E-state index in [1.54, 1.807) is 30.3 Å². The first-order chi connectivity index (χ1) is 12.9. The van der Waals surface area contributed by atoms with Gasteiger partial charge in [-0.1, -0.05) is 35.3 Å². The Morgan fingerprint density at radius 3 is 2.67 bits per heavy atom. The maximum absolute atomic E-state index is 12.3. The van der Waals surface area contributed by atoms with Gasteiger partial charge in [0.25, 0.3) is 11.6 Å². The molecule has 1 aromatic heterocycles. The molecule has 0 saturated carbocycles. The summed E-state index contributed by atoms with van der Waals surface area (Å²) in [6, 6.07) is 13.7. The molecule has 0 aliphatic heterocycles. The van der Waals surface area contributed by atoms with Crippen LogP contribution in [-0.2, 0) is 6.61 Å². The molecule has 0 spiro atoms. The molecular formula is C18H12Cl2N2O5. The number of nitro groups is 1. The van der Waals surface area contributed by atoms with E-state index in [9.17, 15) is 14.9 Å². The van der Waals surface area contributed by atoms with E-state index >= 15 is 0 Å². The van der Waals surface area contributed by atoms with Gasteiger partial charge in [0.1, 0.15) is 23.8 Å². The molecule has 3 rings (SSSR count). The minimum atomic E-state index is -0.611. The van der Waals surface area contributed by atoms with Crippen molar-refractivity contribution in [3.05, 3.63) is 86.3 Å². The lowest BCUT2D eigenvalue weighted by molar-refractivity contribution is -0.383. The number of halogens is 2. The number of para-hydroxylation sites is 2. The molecule has 9 heteroatoms. The molecule has 3 aromatic rings. The predicted molar refractivity (Wildman–Crippen MR) is 101 cm³/mol. The average Bonchev–Trinajstić information content (AvgIpc) is 3.10. The number of benzene rings is 2. The number of nitro benzene ring substituents is 1. The van der Waals surface area contributed by atoms with Gasteiger partial charge in [-0.15, -0.1) is 0 Å². The zero-order valence-electron chi connectivity index (χ0n) is 13.6. The highest BCUT2D eigenvalue weighted by molar-refractivity contribution is 6.35. The Balaban J connectivity index is 1.67. The molecule has 0 saturated heterocycles. The van der Waals surface area contributed by atoms with Crippen LogP contribution in [0.25, 0.3) is 0 Å². The largest absolute Gasteiger partial charge is 0.484 e. The SMILES string of the molecule is O=C(Nc1ccccc1[N+](=O)[O-])c1ccc(COc2ccc(Cl)cc2Cl)o1. The van der Waals surface area contributed by atoms with Crippen LogP contribution in [0.15, 0.2) is 59.0 Å². The van der Waals surface area contributed by atoms with Gasteiger partial charge >= 0.3 is 0 Å². The molecule has 0 unspecified atom stereocenters. The highest BCUT2D eigenvalue weighted by Crippen LogP contribution is 2.28. The lowest BCUT2D eigenvalue weighted by Crippen LogP contribution is -2.12. The van der Waals surface area contributed by atoms with Gasteiger partial charge in [0.2, 0.25) is 0 Å². The quantitative estimate of drug-likeness (QED) is 0.441. The molecule has 0 bridgehead atoms. The number of rotatable bonds is 6. The van der Waals surface area contributed by atoms with Crippen LogP contribution < -0.4 is 10.1 Å². The predicted octanol–water partition coefficient (Wildman–Crippen LogP) is 5.33. The van der Waals surface area contributed by atoms with E-state index in [0.717, 1.165) is 0 Å². The second-order valence-corrected chi connectivity index (χ2v) is 6.20. The van der Waals surface area contributed by atoms with Crippen LogP contribution in [0.5, 0.6) is 5.75 Å². The zero-order chi connectivity index (χ0) is 19.4. The number of furan rings is 1. The van der Waals surface area contributed by atoms with Crippen molar-refractivity contribution in [1.82, 2.24) is 0 Å². The lowest BCUT2D eigenvalue weighted by Gasteiger charge is -2.06. The summed E-state index contributed by atoms with van der Waals surface area (Å²) in [4.78, 5) is 22.7. The van der Waals surface area contributed by atoms with Crippen LogP contribution in [0.1, 0.15) is 16.3 Å². The summed E-state index contributed by atoms with van der Waals surface area (Å²) in [7, 11) is 0. The molecule has 0 radical (unpaired) electrons. The van der Waals surface area contributed by atoms with Crippen molar-refractivity contribution in [2.75, 3.05) is 5.32 Å². The van der Waals surface area contributed by atoms with E-state index in [-0.39, 0.29) is 23.7 Å². The molecule has 1 amide bonds. The fourth-order valence-corrected chi connectivity index (χ4v) is 2.70. The van der Waals surface area contributed by atoms with Crippen LogP contribution >= 0.6 is 23.2 Å². The van der Waals surface area contributed by atoms with Gasteiger partial charge < -0.3 is 14.5 Å². The summed E-state index contributed by atoms with van der Waals surface area (Å²) in [6.45, 7) is 0.0418. The van der Waals surface area contributed by atoms with Gasteiger partial charge in [-0.3, -0.25) is 14.9 Å². The lowest BCUT2D eigenvalue weighted by atomic mass is 10.2. The number of carbonyl (C=O) groups is 1. The van der Waals surface area contributed by atoms with Crippen LogP contribution in [0.4, 0.5) is 11.4 Å². The fraction of sp³-hybridized carbons (Fsp3) is 0.0556. The molecule has 2 aromatic carbocycles. The Bertz CT molecular complexity index is 1000. The molecule has 7 nitrogen and oxygen atoms in total. The third kappa shape index (κ3) is 4.58. The second kappa shape index (κ2) is 8.11. The Morgan fingerprint density at radius 2 is 1.93 bits per heavy atom. The number of hydrogen-bond donors (Lipinski definition) is 1. The molecule has 1 heterocycles. The smallest absolute Gasteiger partial charge is 0.292 e. The van der Waals surface area contributed by atoms with Gasteiger partial charge in [0.15, 0.2) is 5.76 Å². The number of nitrogens with one attached hydrogen (secondary N) is 1. The van der Waals surface area contributed by atoms with Crippen molar-refractivity contribution in [3.8, 4) is 5.75 Å². The first-order valence-electron chi connectivity index (χ1n) is 7.65. The van der Waals surface area contributed by atoms with Gasteiger partial charge in [-0.05, 0) is 36.4 Å².